The Balaban J connectivity index is 0.00000240. The molecule has 5 nitrogen and oxygen atoms in total. The van der Waals surface area contributed by atoms with Gasteiger partial charge in [-0.25, -0.2) is 0 Å². The minimum absolute atomic E-state index is 0. The fraction of sp³-hybridized carbons (Fsp3) is 0.636. The highest BCUT2D eigenvalue weighted by Crippen LogP contribution is 2.41. The Bertz CT molecular complexity index is 737. The lowest BCUT2D eigenvalue weighted by atomic mass is 9.88. The van der Waals surface area contributed by atoms with E-state index in [9.17, 15) is 4.79 Å². The molecule has 3 fully saturated rings. The van der Waals surface area contributed by atoms with Crippen molar-refractivity contribution < 1.29 is 4.79 Å². The molecule has 2 aliphatic carbocycles. The Morgan fingerprint density at radius 1 is 1.17 bits per heavy atom. The molecule has 1 amide bonds. The third kappa shape index (κ3) is 5.78. The highest BCUT2D eigenvalue weighted by Gasteiger charge is 2.39. The van der Waals surface area contributed by atoms with Gasteiger partial charge in [0.1, 0.15) is 0 Å². The number of benzene rings is 1. The van der Waals surface area contributed by atoms with Crippen LogP contribution in [0.25, 0.3) is 0 Å². The summed E-state index contributed by atoms with van der Waals surface area (Å²) in [5, 5.41) is 7.85. The Morgan fingerprint density at radius 2 is 1.97 bits per heavy atom. The zero-order valence-corrected chi connectivity index (χ0v) is 20.2. The van der Waals surface area contributed by atoms with E-state index in [1.807, 2.05) is 19.2 Å². The molecule has 1 saturated heterocycles. The first-order valence-electron chi connectivity index (χ1n) is 10.7. The number of amides is 1. The van der Waals surface area contributed by atoms with E-state index in [1.54, 1.807) is 0 Å². The SMILES string of the molecule is CN=C(NC1CCN(C(=O)C2CCCCC2)C1)NC1CC1c1cccc(Cl)c1.I. The van der Waals surface area contributed by atoms with Gasteiger partial charge in [-0.2, -0.15) is 0 Å². The normalized spacial score (nSPS) is 27.3. The molecule has 4 rings (SSSR count). The van der Waals surface area contributed by atoms with Crippen LogP contribution in [0.3, 0.4) is 0 Å². The van der Waals surface area contributed by atoms with E-state index >= 15 is 0 Å². The smallest absolute Gasteiger partial charge is 0.225 e. The molecule has 0 spiro atoms. The monoisotopic (exact) mass is 530 g/mol. The van der Waals surface area contributed by atoms with Gasteiger partial charge in [0.25, 0.3) is 0 Å². The van der Waals surface area contributed by atoms with Crippen LogP contribution >= 0.6 is 35.6 Å². The summed E-state index contributed by atoms with van der Waals surface area (Å²) in [6.45, 7) is 1.65. The van der Waals surface area contributed by atoms with Crippen molar-refractivity contribution in [3.8, 4) is 0 Å². The lowest BCUT2D eigenvalue weighted by Crippen LogP contribution is -2.46. The average Bonchev–Trinajstić information content (AvgIpc) is 3.34. The summed E-state index contributed by atoms with van der Waals surface area (Å²) in [7, 11) is 1.81. The van der Waals surface area contributed by atoms with Crippen LogP contribution in [0.5, 0.6) is 0 Å². The van der Waals surface area contributed by atoms with Crippen molar-refractivity contribution in [1.82, 2.24) is 15.5 Å². The van der Waals surface area contributed by atoms with E-state index in [0.717, 1.165) is 49.8 Å². The fourth-order valence-electron chi connectivity index (χ4n) is 4.69. The maximum atomic E-state index is 12.8. The number of hydrogen-bond donors (Lipinski definition) is 2. The summed E-state index contributed by atoms with van der Waals surface area (Å²) in [6.07, 6.45) is 7.93. The van der Waals surface area contributed by atoms with Crippen LogP contribution in [-0.2, 0) is 4.79 Å². The number of nitrogens with one attached hydrogen (secondary N) is 2. The Labute approximate surface area is 196 Å². The van der Waals surface area contributed by atoms with Gasteiger partial charge in [0.05, 0.1) is 0 Å². The van der Waals surface area contributed by atoms with Crippen LogP contribution in [0.4, 0.5) is 0 Å². The van der Waals surface area contributed by atoms with Crippen molar-refractivity contribution in [3.63, 3.8) is 0 Å². The number of halogens is 2. The summed E-state index contributed by atoms with van der Waals surface area (Å²) in [6, 6.07) is 8.79. The van der Waals surface area contributed by atoms with Crippen LogP contribution in [0.15, 0.2) is 29.3 Å². The van der Waals surface area contributed by atoms with Gasteiger partial charge in [-0.05, 0) is 43.4 Å². The number of rotatable bonds is 4. The van der Waals surface area contributed by atoms with E-state index < -0.39 is 0 Å². The molecule has 1 heterocycles. The number of hydrogen-bond acceptors (Lipinski definition) is 2. The first-order valence-corrected chi connectivity index (χ1v) is 11.1. The van der Waals surface area contributed by atoms with Gasteiger partial charge < -0.3 is 15.5 Å². The van der Waals surface area contributed by atoms with Crippen LogP contribution in [0.1, 0.15) is 56.4 Å². The molecule has 7 heteroatoms. The molecule has 0 bridgehead atoms. The van der Waals surface area contributed by atoms with E-state index in [1.165, 1.54) is 24.8 Å². The Kier molecular flexibility index (Phi) is 8.07. The van der Waals surface area contributed by atoms with Gasteiger partial charge in [0.2, 0.25) is 5.91 Å². The predicted molar refractivity (Wildman–Crippen MR) is 129 cm³/mol. The van der Waals surface area contributed by atoms with Gasteiger partial charge in [0, 0.05) is 49.1 Å². The number of carbonyl (C=O) groups is 1. The molecule has 2 N–H and O–H groups in total. The summed E-state index contributed by atoms with van der Waals surface area (Å²) in [4.78, 5) is 19.2. The molecule has 1 aliphatic heterocycles. The third-order valence-electron chi connectivity index (χ3n) is 6.41. The van der Waals surface area contributed by atoms with Crippen LogP contribution in [0.2, 0.25) is 5.02 Å². The summed E-state index contributed by atoms with van der Waals surface area (Å²) in [5.74, 6) is 1.96. The molecule has 3 unspecified atom stereocenters. The van der Waals surface area contributed by atoms with E-state index in [-0.39, 0.29) is 35.9 Å². The summed E-state index contributed by atoms with van der Waals surface area (Å²) in [5.41, 5.74) is 1.28. The number of aliphatic imine (C=N–C) groups is 1. The second-order valence-corrected chi connectivity index (χ2v) is 8.91. The fourth-order valence-corrected chi connectivity index (χ4v) is 4.88. The van der Waals surface area contributed by atoms with Crippen LogP contribution in [-0.4, -0.2) is 49.0 Å². The minimum atomic E-state index is 0. The second kappa shape index (κ2) is 10.3. The van der Waals surface area contributed by atoms with Crippen molar-refractivity contribution in [2.45, 2.75) is 62.9 Å². The van der Waals surface area contributed by atoms with Crippen molar-refractivity contribution >= 4 is 47.4 Å². The zero-order chi connectivity index (χ0) is 19.5. The van der Waals surface area contributed by atoms with Gasteiger partial charge in [-0.1, -0.05) is 43.0 Å². The molecule has 160 valence electrons. The summed E-state index contributed by atoms with van der Waals surface area (Å²) < 4.78 is 0. The highest BCUT2D eigenvalue weighted by molar-refractivity contribution is 14.0. The number of guanidine groups is 1. The molecule has 0 aromatic heterocycles. The van der Waals surface area contributed by atoms with Crippen LogP contribution in [0, 0.1) is 5.92 Å². The maximum Gasteiger partial charge on any atom is 0.225 e. The number of likely N-dealkylation sites (tertiary alicyclic amines) is 1. The largest absolute Gasteiger partial charge is 0.353 e. The Morgan fingerprint density at radius 3 is 2.69 bits per heavy atom. The quantitative estimate of drug-likeness (QED) is 0.349. The molecule has 29 heavy (non-hydrogen) atoms. The standard InChI is InChI=1S/C22H31ClN4O.HI/c1-24-22(26-20-13-19(20)16-8-5-9-17(23)12-16)25-18-10-11-27(14-18)21(28)15-6-3-2-4-7-15;/h5,8-9,12,15,18-20H,2-4,6-7,10-11,13-14H2,1H3,(H2,24,25,26);1H. The number of nitrogens with zero attached hydrogens (tertiary/aromatic N) is 2. The molecular formula is C22H32ClIN4O. The van der Waals surface area contributed by atoms with Gasteiger partial charge in [-0.3, -0.25) is 9.79 Å². The average molecular weight is 531 g/mol. The summed E-state index contributed by atoms with van der Waals surface area (Å²) >= 11 is 6.12. The molecule has 1 aromatic carbocycles. The van der Waals surface area contributed by atoms with Gasteiger partial charge in [0.15, 0.2) is 5.96 Å². The van der Waals surface area contributed by atoms with Crippen molar-refractivity contribution in [1.29, 1.82) is 0 Å². The predicted octanol–water partition coefficient (Wildman–Crippen LogP) is 4.16. The lowest BCUT2D eigenvalue weighted by molar-refractivity contribution is -0.135. The molecule has 0 radical (unpaired) electrons. The number of carbonyl (C=O) groups excluding carboxylic acids is 1. The zero-order valence-electron chi connectivity index (χ0n) is 17.1. The first kappa shape index (κ1) is 22.7. The van der Waals surface area contributed by atoms with Crippen molar-refractivity contribution in [3.05, 3.63) is 34.9 Å². The van der Waals surface area contributed by atoms with E-state index in [4.69, 9.17) is 11.6 Å². The van der Waals surface area contributed by atoms with E-state index in [2.05, 4.69) is 32.7 Å². The highest BCUT2D eigenvalue weighted by atomic mass is 127. The first-order chi connectivity index (χ1) is 13.6. The maximum absolute atomic E-state index is 12.8. The Hall–Kier alpha value is -1.02. The molecule has 1 aromatic rings. The van der Waals surface area contributed by atoms with E-state index in [0.29, 0.717) is 17.9 Å². The van der Waals surface area contributed by atoms with Crippen LogP contribution < -0.4 is 10.6 Å². The molecule has 2 saturated carbocycles. The van der Waals surface area contributed by atoms with Crippen molar-refractivity contribution in [2.24, 2.45) is 10.9 Å². The molecule has 3 atom stereocenters. The third-order valence-corrected chi connectivity index (χ3v) is 6.64. The second-order valence-electron chi connectivity index (χ2n) is 8.47. The lowest BCUT2D eigenvalue weighted by Gasteiger charge is -2.26. The minimum Gasteiger partial charge on any atom is -0.353 e. The molecule has 3 aliphatic rings. The van der Waals surface area contributed by atoms with Gasteiger partial charge >= 0.3 is 0 Å². The van der Waals surface area contributed by atoms with Gasteiger partial charge in [-0.15, -0.1) is 24.0 Å². The topological polar surface area (TPSA) is 56.7 Å². The van der Waals surface area contributed by atoms with Crippen molar-refractivity contribution in [2.75, 3.05) is 20.1 Å². The molecular weight excluding hydrogens is 499 g/mol.